The molecule has 3 heteroatoms. The van der Waals surface area contributed by atoms with Crippen LogP contribution in [0.3, 0.4) is 0 Å². The van der Waals surface area contributed by atoms with Crippen molar-refractivity contribution >= 4 is 0 Å². The maximum atomic E-state index is 10.1. The minimum Gasteiger partial charge on any atom is -0.487 e. The molecule has 3 unspecified atom stereocenters. The van der Waals surface area contributed by atoms with Crippen LogP contribution in [0.5, 0.6) is 5.75 Å². The van der Waals surface area contributed by atoms with E-state index in [2.05, 4.69) is 0 Å². The van der Waals surface area contributed by atoms with Gasteiger partial charge in [-0.25, -0.2) is 0 Å². The predicted octanol–water partition coefficient (Wildman–Crippen LogP) is 3.20. The fourth-order valence-corrected chi connectivity index (χ4v) is 2.64. The Hall–Kier alpha value is -1.06. The number of para-hydroxylation sites is 1. The van der Waals surface area contributed by atoms with E-state index in [-0.39, 0.29) is 6.10 Å². The molecule has 2 rings (SSSR count). The van der Waals surface area contributed by atoms with E-state index in [0.29, 0.717) is 12.2 Å². The Balaban J connectivity index is 2.13. The van der Waals surface area contributed by atoms with Gasteiger partial charge in [0.2, 0.25) is 0 Å². The molecule has 0 amide bonds. The second kappa shape index (κ2) is 6.92. The topological polar surface area (TPSA) is 49.7 Å². The highest BCUT2D eigenvalue weighted by atomic mass is 16.5. The van der Waals surface area contributed by atoms with E-state index in [1.54, 1.807) is 0 Å². The fraction of sp³-hybridized carbons (Fsp3) is 0.625. The number of rotatable bonds is 4. The van der Waals surface area contributed by atoms with Crippen LogP contribution in [0.4, 0.5) is 0 Å². The minimum absolute atomic E-state index is 0.146. The second-order valence-corrected chi connectivity index (χ2v) is 5.32. The van der Waals surface area contributed by atoms with E-state index in [1.807, 2.05) is 31.2 Å². The summed E-state index contributed by atoms with van der Waals surface area (Å²) in [5.74, 6) is 0.711. The van der Waals surface area contributed by atoms with Gasteiger partial charge in [-0.05, 0) is 31.7 Å². The molecule has 0 heterocycles. The minimum atomic E-state index is -0.501. The second-order valence-electron chi connectivity index (χ2n) is 5.32. The van der Waals surface area contributed by atoms with Gasteiger partial charge in [0.1, 0.15) is 11.9 Å². The zero-order valence-corrected chi connectivity index (χ0v) is 11.6. The molecule has 1 aliphatic rings. The molecular weight excluding hydrogens is 240 g/mol. The Morgan fingerprint density at radius 2 is 1.95 bits per heavy atom. The monoisotopic (exact) mass is 264 g/mol. The Kier molecular flexibility index (Phi) is 5.23. The Morgan fingerprint density at radius 3 is 2.74 bits per heavy atom. The Morgan fingerprint density at radius 1 is 1.21 bits per heavy atom. The lowest BCUT2D eigenvalue weighted by Gasteiger charge is -2.24. The molecule has 106 valence electrons. The first kappa shape index (κ1) is 14.4. The molecule has 0 aromatic heterocycles. The molecule has 0 aliphatic heterocycles. The van der Waals surface area contributed by atoms with Gasteiger partial charge in [0.25, 0.3) is 0 Å². The highest BCUT2D eigenvalue weighted by molar-refractivity contribution is 5.35. The summed E-state index contributed by atoms with van der Waals surface area (Å²) >= 11 is 0. The molecule has 3 nitrogen and oxygen atoms in total. The summed E-state index contributed by atoms with van der Waals surface area (Å²) in [4.78, 5) is 0. The zero-order chi connectivity index (χ0) is 13.7. The van der Waals surface area contributed by atoms with Crippen LogP contribution in [0, 0.1) is 0 Å². The molecule has 0 radical (unpaired) electrons. The maximum Gasteiger partial charge on any atom is 0.125 e. The summed E-state index contributed by atoms with van der Waals surface area (Å²) in [5, 5.41) is 20.1. The quantitative estimate of drug-likeness (QED) is 0.821. The normalized spacial score (nSPS) is 25.6. The summed E-state index contributed by atoms with van der Waals surface area (Å²) in [5.41, 5.74) is 0.821. The molecule has 0 saturated heterocycles. The van der Waals surface area contributed by atoms with Gasteiger partial charge in [-0.3, -0.25) is 0 Å². The first-order valence-electron chi connectivity index (χ1n) is 7.34. The van der Waals surface area contributed by atoms with Crippen molar-refractivity contribution in [2.75, 3.05) is 0 Å². The highest BCUT2D eigenvalue weighted by Crippen LogP contribution is 2.30. The maximum absolute atomic E-state index is 10.1. The lowest BCUT2D eigenvalue weighted by Crippen LogP contribution is -2.30. The SMILES string of the molecule is CCC(O)c1ccccc1OC1CCCCCC1O. The third-order valence-electron chi connectivity index (χ3n) is 3.86. The molecule has 2 N–H and O–H groups in total. The van der Waals surface area contributed by atoms with E-state index in [9.17, 15) is 10.2 Å². The number of benzene rings is 1. The van der Waals surface area contributed by atoms with Crippen molar-refractivity contribution in [2.24, 2.45) is 0 Å². The number of hydrogen-bond acceptors (Lipinski definition) is 3. The van der Waals surface area contributed by atoms with Crippen molar-refractivity contribution in [1.29, 1.82) is 0 Å². The molecule has 1 aromatic carbocycles. The van der Waals surface area contributed by atoms with Crippen molar-refractivity contribution in [3.63, 3.8) is 0 Å². The third kappa shape index (κ3) is 3.71. The van der Waals surface area contributed by atoms with Gasteiger partial charge >= 0.3 is 0 Å². The van der Waals surface area contributed by atoms with E-state index in [4.69, 9.17) is 4.74 Å². The molecule has 0 bridgehead atoms. The van der Waals surface area contributed by atoms with Gasteiger partial charge in [-0.1, -0.05) is 38.0 Å². The van der Waals surface area contributed by atoms with E-state index < -0.39 is 12.2 Å². The van der Waals surface area contributed by atoms with Gasteiger partial charge in [0.05, 0.1) is 12.2 Å². The number of hydrogen-bond donors (Lipinski definition) is 2. The average Bonchev–Trinajstić information content (AvgIpc) is 2.64. The number of ether oxygens (including phenoxy) is 1. The van der Waals surface area contributed by atoms with Crippen LogP contribution < -0.4 is 4.74 Å². The van der Waals surface area contributed by atoms with Crippen molar-refractivity contribution in [1.82, 2.24) is 0 Å². The van der Waals surface area contributed by atoms with Crippen molar-refractivity contribution in [3.8, 4) is 5.75 Å². The lowest BCUT2D eigenvalue weighted by molar-refractivity contribution is 0.0296. The van der Waals surface area contributed by atoms with Crippen molar-refractivity contribution in [3.05, 3.63) is 29.8 Å². The average molecular weight is 264 g/mol. The van der Waals surface area contributed by atoms with Gasteiger partial charge in [0.15, 0.2) is 0 Å². The van der Waals surface area contributed by atoms with E-state index in [0.717, 1.165) is 37.7 Å². The van der Waals surface area contributed by atoms with Gasteiger partial charge in [-0.15, -0.1) is 0 Å². The molecular formula is C16H24O3. The smallest absolute Gasteiger partial charge is 0.125 e. The predicted molar refractivity (Wildman–Crippen MR) is 75.2 cm³/mol. The summed E-state index contributed by atoms with van der Waals surface area (Å²) < 4.78 is 5.99. The standard InChI is InChI=1S/C16H24O3/c1-2-13(17)12-8-6-7-10-15(12)19-16-11-5-3-4-9-14(16)18/h6-8,10,13-14,16-18H,2-5,9,11H2,1H3. The van der Waals surface area contributed by atoms with E-state index in [1.165, 1.54) is 0 Å². The molecule has 1 aliphatic carbocycles. The number of aliphatic hydroxyl groups is 2. The first-order chi connectivity index (χ1) is 9.22. The molecule has 19 heavy (non-hydrogen) atoms. The number of aliphatic hydroxyl groups excluding tert-OH is 2. The molecule has 3 atom stereocenters. The summed E-state index contributed by atoms with van der Waals surface area (Å²) in [7, 11) is 0. The van der Waals surface area contributed by atoms with Crippen LogP contribution in [0.15, 0.2) is 24.3 Å². The van der Waals surface area contributed by atoms with Gasteiger partial charge < -0.3 is 14.9 Å². The van der Waals surface area contributed by atoms with E-state index >= 15 is 0 Å². The van der Waals surface area contributed by atoms with Crippen LogP contribution in [-0.4, -0.2) is 22.4 Å². The van der Waals surface area contributed by atoms with Gasteiger partial charge in [-0.2, -0.15) is 0 Å². The van der Waals surface area contributed by atoms with Crippen LogP contribution in [-0.2, 0) is 0 Å². The van der Waals surface area contributed by atoms with Crippen LogP contribution in [0.2, 0.25) is 0 Å². The summed E-state index contributed by atoms with van der Waals surface area (Å²) in [6.07, 6.45) is 4.65. The van der Waals surface area contributed by atoms with Crippen molar-refractivity contribution < 1.29 is 14.9 Å². The van der Waals surface area contributed by atoms with Crippen LogP contribution in [0.25, 0.3) is 0 Å². The fourth-order valence-electron chi connectivity index (χ4n) is 2.64. The largest absolute Gasteiger partial charge is 0.487 e. The molecule has 1 saturated carbocycles. The third-order valence-corrected chi connectivity index (χ3v) is 3.86. The molecule has 1 aromatic rings. The van der Waals surface area contributed by atoms with Gasteiger partial charge in [0, 0.05) is 5.56 Å². The Bertz CT molecular complexity index is 391. The molecule has 0 spiro atoms. The zero-order valence-electron chi connectivity index (χ0n) is 11.6. The Labute approximate surface area is 115 Å². The lowest BCUT2D eigenvalue weighted by atomic mass is 10.1. The first-order valence-corrected chi connectivity index (χ1v) is 7.34. The van der Waals surface area contributed by atoms with Crippen molar-refractivity contribution in [2.45, 2.75) is 63.8 Å². The van der Waals surface area contributed by atoms with Crippen LogP contribution >= 0.6 is 0 Å². The van der Waals surface area contributed by atoms with Crippen LogP contribution in [0.1, 0.15) is 57.1 Å². The summed E-state index contributed by atoms with van der Waals surface area (Å²) in [6.45, 7) is 1.95. The molecule has 1 fully saturated rings. The highest BCUT2D eigenvalue weighted by Gasteiger charge is 2.24. The summed E-state index contributed by atoms with van der Waals surface area (Å²) in [6, 6.07) is 7.59.